The predicted octanol–water partition coefficient (Wildman–Crippen LogP) is 3.23. The monoisotopic (exact) mass is 424 g/mol. The molecule has 166 valence electrons. The Balaban J connectivity index is 1.69. The fraction of sp³-hybridized carbons (Fsp3) is 0.417. The zero-order valence-electron chi connectivity index (χ0n) is 18.6. The van der Waals surface area contributed by atoms with E-state index in [9.17, 15) is 4.79 Å². The molecule has 0 spiro atoms. The fourth-order valence-corrected chi connectivity index (χ4v) is 3.24. The van der Waals surface area contributed by atoms with Crippen LogP contribution in [0.25, 0.3) is 0 Å². The molecule has 1 saturated heterocycles. The number of rotatable bonds is 7. The molecule has 0 bridgehead atoms. The summed E-state index contributed by atoms with van der Waals surface area (Å²) in [5, 5.41) is 6.19. The van der Waals surface area contributed by atoms with Gasteiger partial charge in [-0.15, -0.1) is 0 Å². The maximum Gasteiger partial charge on any atom is 0.257 e. The smallest absolute Gasteiger partial charge is 0.257 e. The molecule has 2 aromatic carbocycles. The summed E-state index contributed by atoms with van der Waals surface area (Å²) in [6.07, 6.45) is 0. The number of carbonyl (C=O) groups excluding carboxylic acids is 1. The van der Waals surface area contributed by atoms with Crippen molar-refractivity contribution in [2.45, 2.75) is 20.8 Å². The van der Waals surface area contributed by atoms with E-state index in [-0.39, 0.29) is 5.91 Å². The van der Waals surface area contributed by atoms with Gasteiger partial charge >= 0.3 is 0 Å². The molecular weight excluding hydrogens is 392 g/mol. The highest BCUT2D eigenvalue weighted by molar-refractivity contribution is 6.10. The first-order valence-electron chi connectivity index (χ1n) is 10.8. The Morgan fingerprint density at radius 3 is 2.52 bits per heavy atom. The van der Waals surface area contributed by atoms with E-state index < -0.39 is 0 Å². The lowest BCUT2D eigenvalue weighted by molar-refractivity contribution is 0.0394. The Hall–Kier alpha value is -2.90. The Morgan fingerprint density at radius 1 is 1.10 bits per heavy atom. The van der Waals surface area contributed by atoms with Crippen LogP contribution in [0.15, 0.2) is 47.5 Å². The average molecular weight is 425 g/mol. The zero-order valence-corrected chi connectivity index (χ0v) is 18.6. The number of amides is 1. The molecule has 1 aliphatic heterocycles. The molecule has 31 heavy (non-hydrogen) atoms. The minimum absolute atomic E-state index is 0.218. The number of aliphatic imine (C=N–C) groups is 1. The number of carbonyl (C=O) groups is 1. The molecule has 0 aromatic heterocycles. The first-order chi connectivity index (χ1) is 15.0. The van der Waals surface area contributed by atoms with Gasteiger partial charge in [-0.3, -0.25) is 20.0 Å². The van der Waals surface area contributed by atoms with E-state index in [0.29, 0.717) is 24.7 Å². The zero-order chi connectivity index (χ0) is 22.1. The third-order valence-corrected chi connectivity index (χ3v) is 5.22. The SMILES string of the molecule is CCOc1ccc(C(=O)NC(=NCCN2CCOCC2)Nc2ccc(C)c(C)c2)cc1. The Bertz CT molecular complexity index is 890. The van der Waals surface area contributed by atoms with Crippen LogP contribution in [0.4, 0.5) is 5.69 Å². The summed E-state index contributed by atoms with van der Waals surface area (Å²) >= 11 is 0. The summed E-state index contributed by atoms with van der Waals surface area (Å²) in [6, 6.07) is 13.2. The summed E-state index contributed by atoms with van der Waals surface area (Å²) < 4.78 is 10.8. The number of aryl methyl sites for hydroxylation is 2. The Kier molecular flexibility index (Phi) is 8.44. The molecule has 2 aromatic rings. The van der Waals surface area contributed by atoms with Crippen molar-refractivity contribution in [3.05, 3.63) is 59.2 Å². The highest BCUT2D eigenvalue weighted by Gasteiger charge is 2.12. The van der Waals surface area contributed by atoms with E-state index >= 15 is 0 Å². The number of hydrogen-bond acceptors (Lipinski definition) is 5. The normalized spacial score (nSPS) is 14.9. The number of guanidine groups is 1. The molecule has 1 heterocycles. The standard InChI is InChI=1S/C24H32N4O3/c1-4-31-22-9-6-20(7-10-22)23(29)27-24(25-11-12-28-13-15-30-16-14-28)26-21-8-5-18(2)19(3)17-21/h5-10,17H,4,11-16H2,1-3H3,(H2,25,26,27,29). The van der Waals surface area contributed by atoms with Crippen molar-refractivity contribution in [1.82, 2.24) is 10.2 Å². The molecule has 1 fully saturated rings. The van der Waals surface area contributed by atoms with Gasteiger partial charge in [-0.25, -0.2) is 0 Å². The minimum atomic E-state index is -0.218. The first kappa shape index (κ1) is 22.8. The van der Waals surface area contributed by atoms with Crippen molar-refractivity contribution in [1.29, 1.82) is 0 Å². The highest BCUT2D eigenvalue weighted by atomic mass is 16.5. The summed E-state index contributed by atoms with van der Waals surface area (Å²) in [4.78, 5) is 19.8. The van der Waals surface area contributed by atoms with Gasteiger partial charge < -0.3 is 14.8 Å². The third-order valence-electron chi connectivity index (χ3n) is 5.22. The molecule has 0 unspecified atom stereocenters. The molecular formula is C24H32N4O3. The van der Waals surface area contributed by atoms with Crippen LogP contribution in [0, 0.1) is 13.8 Å². The lowest BCUT2D eigenvalue weighted by atomic mass is 10.1. The van der Waals surface area contributed by atoms with Gasteiger partial charge in [-0.2, -0.15) is 0 Å². The van der Waals surface area contributed by atoms with Crippen LogP contribution in [0.2, 0.25) is 0 Å². The lowest BCUT2D eigenvalue weighted by Gasteiger charge is -2.25. The van der Waals surface area contributed by atoms with Crippen LogP contribution in [0.1, 0.15) is 28.4 Å². The summed E-state index contributed by atoms with van der Waals surface area (Å²) in [5.74, 6) is 0.964. The van der Waals surface area contributed by atoms with Gasteiger partial charge in [0.2, 0.25) is 5.96 Å². The molecule has 0 atom stereocenters. The van der Waals surface area contributed by atoms with Crippen LogP contribution in [0.5, 0.6) is 5.75 Å². The molecule has 7 heteroatoms. The van der Waals surface area contributed by atoms with Gasteiger partial charge in [-0.05, 0) is 68.3 Å². The van der Waals surface area contributed by atoms with Gasteiger partial charge in [0, 0.05) is 30.9 Å². The molecule has 1 amide bonds. The van der Waals surface area contributed by atoms with Crippen molar-refractivity contribution in [3.63, 3.8) is 0 Å². The van der Waals surface area contributed by atoms with E-state index in [1.54, 1.807) is 24.3 Å². The van der Waals surface area contributed by atoms with Crippen molar-refractivity contribution in [2.75, 3.05) is 51.3 Å². The average Bonchev–Trinajstić information content (AvgIpc) is 2.77. The summed E-state index contributed by atoms with van der Waals surface area (Å²) in [7, 11) is 0. The molecule has 7 nitrogen and oxygen atoms in total. The topological polar surface area (TPSA) is 75.2 Å². The number of nitrogens with one attached hydrogen (secondary N) is 2. The number of anilines is 1. The second-order valence-corrected chi connectivity index (χ2v) is 7.52. The number of morpholine rings is 1. The number of nitrogens with zero attached hydrogens (tertiary/aromatic N) is 2. The fourth-order valence-electron chi connectivity index (χ4n) is 3.24. The molecule has 1 aliphatic rings. The number of ether oxygens (including phenoxy) is 2. The van der Waals surface area contributed by atoms with Crippen molar-refractivity contribution in [2.24, 2.45) is 4.99 Å². The van der Waals surface area contributed by atoms with E-state index in [1.807, 2.05) is 13.0 Å². The van der Waals surface area contributed by atoms with Gasteiger partial charge in [0.15, 0.2) is 0 Å². The van der Waals surface area contributed by atoms with E-state index in [1.165, 1.54) is 11.1 Å². The van der Waals surface area contributed by atoms with Gasteiger partial charge in [0.05, 0.1) is 26.4 Å². The minimum Gasteiger partial charge on any atom is -0.494 e. The van der Waals surface area contributed by atoms with Crippen molar-refractivity contribution >= 4 is 17.6 Å². The van der Waals surface area contributed by atoms with Crippen LogP contribution in [-0.4, -0.2) is 62.8 Å². The quantitative estimate of drug-likeness (QED) is 0.527. The maximum absolute atomic E-state index is 12.8. The Labute approximate surface area is 184 Å². The third kappa shape index (κ3) is 7.08. The first-order valence-corrected chi connectivity index (χ1v) is 10.8. The maximum atomic E-state index is 12.8. The van der Waals surface area contributed by atoms with Crippen LogP contribution in [-0.2, 0) is 4.74 Å². The van der Waals surface area contributed by atoms with Crippen LogP contribution < -0.4 is 15.4 Å². The second kappa shape index (κ2) is 11.5. The molecule has 0 radical (unpaired) electrons. The van der Waals surface area contributed by atoms with Crippen LogP contribution >= 0.6 is 0 Å². The van der Waals surface area contributed by atoms with E-state index in [4.69, 9.17) is 9.47 Å². The van der Waals surface area contributed by atoms with E-state index in [2.05, 4.69) is 46.5 Å². The molecule has 0 aliphatic carbocycles. The Morgan fingerprint density at radius 2 is 1.84 bits per heavy atom. The molecule has 0 saturated carbocycles. The second-order valence-electron chi connectivity index (χ2n) is 7.52. The van der Waals surface area contributed by atoms with E-state index in [0.717, 1.165) is 44.3 Å². The summed E-state index contributed by atoms with van der Waals surface area (Å²) in [5.41, 5.74) is 3.83. The van der Waals surface area contributed by atoms with Crippen molar-refractivity contribution in [3.8, 4) is 5.75 Å². The largest absolute Gasteiger partial charge is 0.494 e. The summed E-state index contributed by atoms with van der Waals surface area (Å²) in [6.45, 7) is 11.4. The van der Waals surface area contributed by atoms with Gasteiger partial charge in [0.25, 0.3) is 5.91 Å². The highest BCUT2D eigenvalue weighted by Crippen LogP contribution is 2.15. The predicted molar refractivity (Wildman–Crippen MR) is 124 cm³/mol. The van der Waals surface area contributed by atoms with Crippen LogP contribution in [0.3, 0.4) is 0 Å². The number of hydrogen-bond donors (Lipinski definition) is 2. The lowest BCUT2D eigenvalue weighted by Crippen LogP contribution is -2.39. The van der Waals surface area contributed by atoms with Crippen molar-refractivity contribution < 1.29 is 14.3 Å². The molecule has 3 rings (SSSR count). The van der Waals surface area contributed by atoms with Gasteiger partial charge in [0.1, 0.15) is 5.75 Å². The number of benzene rings is 2. The molecule has 2 N–H and O–H groups in total. The van der Waals surface area contributed by atoms with Gasteiger partial charge in [-0.1, -0.05) is 6.07 Å².